The van der Waals surface area contributed by atoms with Crippen molar-refractivity contribution in [1.29, 1.82) is 0 Å². The fourth-order valence-electron chi connectivity index (χ4n) is 3.79. The highest BCUT2D eigenvalue weighted by Crippen LogP contribution is 2.34. The Morgan fingerprint density at radius 2 is 1.38 bits per heavy atom. The molecule has 3 aromatic rings. The van der Waals surface area contributed by atoms with E-state index in [1.807, 2.05) is 12.2 Å². The quantitative estimate of drug-likeness (QED) is 0.421. The summed E-state index contributed by atoms with van der Waals surface area (Å²) in [5.74, 6) is -1.33. The maximum Gasteiger partial charge on any atom is 0.133 e. The molecule has 0 saturated heterocycles. The van der Waals surface area contributed by atoms with Gasteiger partial charge in [0, 0.05) is 11.8 Å². The van der Waals surface area contributed by atoms with Crippen LogP contribution in [0.3, 0.4) is 0 Å². The van der Waals surface area contributed by atoms with Crippen LogP contribution in [0.25, 0.3) is 6.08 Å². The number of hydrogen-bond acceptors (Lipinski definition) is 3. The van der Waals surface area contributed by atoms with Crippen molar-refractivity contribution in [2.24, 2.45) is 5.92 Å². The van der Waals surface area contributed by atoms with Crippen molar-refractivity contribution < 1.29 is 23.8 Å². The van der Waals surface area contributed by atoms with Crippen LogP contribution in [0.4, 0.5) is 8.78 Å². The Morgan fingerprint density at radius 3 is 1.94 bits per heavy atom. The van der Waals surface area contributed by atoms with Gasteiger partial charge in [-0.15, -0.1) is 0 Å². The number of aliphatic hydroxyl groups is 1. The first kappa shape index (κ1) is 23.4. The number of hydrogen-bond donors (Lipinski definition) is 2. The van der Waals surface area contributed by atoms with Gasteiger partial charge in [-0.1, -0.05) is 48.6 Å². The van der Waals surface area contributed by atoms with Gasteiger partial charge in [0.1, 0.15) is 23.2 Å². The number of aromatic hydroxyl groups is 1. The first-order valence-corrected chi connectivity index (χ1v) is 10.5. The SMILES string of the molecule is CC(=O)[C@H](CCC(O)c1ccc(F)cc1)[C@H](/C=C\c1ccc(F)cc1)c1ccc(O)cc1. The molecule has 3 rings (SSSR count). The molecule has 166 valence electrons. The molecule has 0 aliphatic heterocycles. The fourth-order valence-corrected chi connectivity index (χ4v) is 3.79. The third-order valence-corrected chi connectivity index (χ3v) is 5.61. The van der Waals surface area contributed by atoms with Crippen LogP contribution < -0.4 is 0 Å². The van der Waals surface area contributed by atoms with Crippen LogP contribution in [0.1, 0.15) is 48.5 Å². The predicted molar refractivity (Wildman–Crippen MR) is 121 cm³/mol. The van der Waals surface area contributed by atoms with E-state index in [9.17, 15) is 23.8 Å². The molecule has 0 amide bonds. The summed E-state index contributed by atoms with van der Waals surface area (Å²) in [7, 11) is 0. The molecule has 3 nitrogen and oxygen atoms in total. The second-order valence-corrected chi connectivity index (χ2v) is 7.89. The van der Waals surface area contributed by atoms with Crippen molar-refractivity contribution in [2.75, 3.05) is 0 Å². The molecule has 1 unspecified atom stereocenters. The topological polar surface area (TPSA) is 57.5 Å². The van der Waals surface area contributed by atoms with Crippen LogP contribution in [0.15, 0.2) is 78.9 Å². The smallest absolute Gasteiger partial charge is 0.133 e. The molecule has 0 spiro atoms. The number of benzene rings is 3. The van der Waals surface area contributed by atoms with Gasteiger partial charge in [-0.25, -0.2) is 8.78 Å². The minimum atomic E-state index is -0.820. The molecule has 0 radical (unpaired) electrons. The summed E-state index contributed by atoms with van der Waals surface area (Å²) >= 11 is 0. The summed E-state index contributed by atoms with van der Waals surface area (Å²) in [5, 5.41) is 20.2. The number of rotatable bonds is 9. The minimum absolute atomic E-state index is 0.0295. The average molecular weight is 436 g/mol. The van der Waals surface area contributed by atoms with E-state index in [-0.39, 0.29) is 29.1 Å². The molecule has 2 N–H and O–H groups in total. The zero-order chi connectivity index (χ0) is 23.1. The van der Waals surface area contributed by atoms with Crippen molar-refractivity contribution in [1.82, 2.24) is 0 Å². The van der Waals surface area contributed by atoms with Crippen LogP contribution in [0.2, 0.25) is 0 Å². The number of Topliss-reactive ketones (excluding diaryl/α,β-unsaturated/α-hetero) is 1. The maximum absolute atomic E-state index is 13.2. The van der Waals surface area contributed by atoms with E-state index in [4.69, 9.17) is 0 Å². The van der Waals surface area contributed by atoms with Crippen molar-refractivity contribution in [2.45, 2.75) is 31.8 Å². The molecule has 0 saturated carbocycles. The monoisotopic (exact) mass is 436 g/mol. The number of carbonyl (C=O) groups excluding carboxylic acids is 1. The minimum Gasteiger partial charge on any atom is -0.508 e. The third kappa shape index (κ3) is 6.34. The zero-order valence-electron chi connectivity index (χ0n) is 17.8. The fraction of sp³-hybridized carbons (Fsp3) is 0.222. The van der Waals surface area contributed by atoms with E-state index < -0.39 is 12.0 Å². The van der Waals surface area contributed by atoms with E-state index >= 15 is 0 Å². The second kappa shape index (κ2) is 10.8. The Kier molecular flexibility index (Phi) is 7.90. The molecule has 3 aromatic carbocycles. The molecule has 0 aliphatic carbocycles. The summed E-state index contributed by atoms with van der Waals surface area (Å²) in [4.78, 5) is 12.6. The van der Waals surface area contributed by atoms with E-state index in [0.717, 1.165) is 11.1 Å². The number of phenolic OH excluding ortho intramolecular Hbond substituents is 1. The highest BCUT2D eigenvalue weighted by Gasteiger charge is 2.26. The summed E-state index contributed by atoms with van der Waals surface area (Å²) in [6.45, 7) is 1.52. The van der Waals surface area contributed by atoms with Crippen LogP contribution in [0.5, 0.6) is 5.75 Å². The van der Waals surface area contributed by atoms with E-state index in [1.54, 1.807) is 36.4 Å². The molecule has 0 heterocycles. The average Bonchev–Trinajstić information content (AvgIpc) is 2.78. The van der Waals surface area contributed by atoms with Crippen LogP contribution in [-0.4, -0.2) is 16.0 Å². The van der Waals surface area contributed by atoms with Gasteiger partial charge in [0.25, 0.3) is 0 Å². The van der Waals surface area contributed by atoms with Crippen LogP contribution in [-0.2, 0) is 4.79 Å². The Morgan fingerprint density at radius 1 is 0.844 bits per heavy atom. The van der Waals surface area contributed by atoms with Gasteiger partial charge >= 0.3 is 0 Å². The Hall–Kier alpha value is -3.31. The highest BCUT2D eigenvalue weighted by molar-refractivity contribution is 5.80. The van der Waals surface area contributed by atoms with E-state index in [0.29, 0.717) is 18.4 Å². The van der Waals surface area contributed by atoms with Crippen molar-refractivity contribution in [3.8, 4) is 5.75 Å². The normalized spacial score (nSPS) is 14.2. The van der Waals surface area contributed by atoms with Crippen molar-refractivity contribution >= 4 is 11.9 Å². The van der Waals surface area contributed by atoms with Gasteiger partial charge in [-0.2, -0.15) is 0 Å². The Bertz CT molecular complexity index is 1040. The number of aliphatic hydroxyl groups excluding tert-OH is 1. The summed E-state index contributed by atoms with van der Waals surface area (Å²) in [6.07, 6.45) is 3.65. The largest absolute Gasteiger partial charge is 0.508 e. The second-order valence-electron chi connectivity index (χ2n) is 7.89. The van der Waals surface area contributed by atoms with Crippen LogP contribution >= 0.6 is 0 Å². The summed E-state index contributed by atoms with van der Waals surface area (Å²) in [5.41, 5.74) is 2.23. The lowest BCUT2D eigenvalue weighted by Gasteiger charge is -2.24. The molecular weight excluding hydrogens is 410 g/mol. The Balaban J connectivity index is 1.84. The number of halogens is 2. The molecule has 3 atom stereocenters. The molecule has 5 heteroatoms. The number of ketones is 1. The molecule has 0 aliphatic rings. The molecule has 0 fully saturated rings. The first-order chi connectivity index (χ1) is 15.3. The Labute approximate surface area is 186 Å². The lowest BCUT2D eigenvalue weighted by Crippen LogP contribution is -2.20. The van der Waals surface area contributed by atoms with Gasteiger partial charge in [0.05, 0.1) is 6.10 Å². The number of allylic oxidation sites excluding steroid dienone is 1. The molecule has 0 bridgehead atoms. The molecular formula is C27H26F2O3. The van der Waals surface area contributed by atoms with Gasteiger partial charge < -0.3 is 10.2 Å². The van der Waals surface area contributed by atoms with Crippen molar-refractivity contribution in [3.05, 3.63) is 107 Å². The van der Waals surface area contributed by atoms with E-state index in [2.05, 4.69) is 0 Å². The summed E-state index contributed by atoms with van der Waals surface area (Å²) < 4.78 is 26.4. The highest BCUT2D eigenvalue weighted by atomic mass is 19.1. The maximum atomic E-state index is 13.2. The van der Waals surface area contributed by atoms with Crippen molar-refractivity contribution in [3.63, 3.8) is 0 Å². The summed E-state index contributed by atoms with van der Waals surface area (Å²) in [6, 6.07) is 18.4. The van der Waals surface area contributed by atoms with Gasteiger partial charge in [0.15, 0.2) is 0 Å². The third-order valence-electron chi connectivity index (χ3n) is 5.61. The van der Waals surface area contributed by atoms with Gasteiger partial charge in [-0.05, 0) is 72.9 Å². The van der Waals surface area contributed by atoms with Crippen LogP contribution in [0, 0.1) is 17.6 Å². The standard InChI is InChI=1S/C27H26F2O3/c1-18(30)25(16-17-27(32)21-5-11-23(29)12-6-21)26(20-7-13-24(31)14-8-20)15-4-19-2-9-22(28)10-3-19/h2-15,25-27,31-32H,16-17H2,1H3/b15-4-/t25-,26+,27?/m0/s1. The molecule has 0 aromatic heterocycles. The zero-order valence-corrected chi connectivity index (χ0v) is 17.8. The lowest BCUT2D eigenvalue weighted by atomic mass is 9.79. The van der Waals surface area contributed by atoms with Gasteiger partial charge in [0.2, 0.25) is 0 Å². The predicted octanol–water partition coefficient (Wildman–Crippen LogP) is 6.19. The number of phenols is 1. The van der Waals surface area contributed by atoms with E-state index in [1.165, 1.54) is 43.3 Å². The number of carbonyl (C=O) groups is 1. The first-order valence-electron chi connectivity index (χ1n) is 10.5. The lowest BCUT2D eigenvalue weighted by molar-refractivity contribution is -0.121. The molecule has 32 heavy (non-hydrogen) atoms. The van der Waals surface area contributed by atoms with Gasteiger partial charge in [-0.3, -0.25) is 4.79 Å².